The van der Waals surface area contributed by atoms with Crippen LogP contribution in [-0.4, -0.2) is 25.0 Å². The Morgan fingerprint density at radius 2 is 2.06 bits per heavy atom. The van der Waals surface area contributed by atoms with Crippen LogP contribution in [-0.2, 0) is 6.54 Å². The van der Waals surface area contributed by atoms with Gasteiger partial charge in [0.1, 0.15) is 0 Å². The number of hydrogen-bond donors (Lipinski definition) is 1. The minimum Gasteiger partial charge on any atom is -0.383 e. The summed E-state index contributed by atoms with van der Waals surface area (Å²) in [6, 6.07) is 9.28. The third-order valence-electron chi connectivity index (χ3n) is 2.83. The fourth-order valence-electron chi connectivity index (χ4n) is 1.99. The first-order chi connectivity index (χ1) is 8.11. The second kappa shape index (κ2) is 7.33. The number of rotatable bonds is 7. The van der Waals surface area contributed by atoms with E-state index in [1.165, 1.54) is 30.5 Å². The number of hydrogen-bond acceptors (Lipinski definition) is 2. The predicted molar refractivity (Wildman–Crippen MR) is 76.4 cm³/mol. The quantitative estimate of drug-likeness (QED) is 0.773. The monoisotopic (exact) mass is 234 g/mol. The van der Waals surface area contributed by atoms with E-state index in [1.54, 1.807) is 0 Å². The van der Waals surface area contributed by atoms with Gasteiger partial charge in [-0.3, -0.25) is 0 Å². The van der Waals surface area contributed by atoms with E-state index in [-0.39, 0.29) is 0 Å². The van der Waals surface area contributed by atoms with Crippen molar-refractivity contribution in [3.05, 3.63) is 29.8 Å². The molecule has 0 aliphatic heterocycles. The average Bonchev–Trinajstić information content (AvgIpc) is 2.26. The highest BCUT2D eigenvalue weighted by atomic mass is 15.0. The van der Waals surface area contributed by atoms with Crippen molar-refractivity contribution in [2.45, 2.75) is 45.7 Å². The van der Waals surface area contributed by atoms with Crippen LogP contribution >= 0.6 is 0 Å². The van der Waals surface area contributed by atoms with E-state index < -0.39 is 0 Å². The van der Waals surface area contributed by atoms with Gasteiger partial charge in [0.25, 0.3) is 0 Å². The van der Waals surface area contributed by atoms with Gasteiger partial charge in [-0.15, -0.1) is 0 Å². The lowest BCUT2D eigenvalue weighted by Crippen LogP contribution is -2.15. The van der Waals surface area contributed by atoms with Crippen LogP contribution in [0.25, 0.3) is 0 Å². The largest absolute Gasteiger partial charge is 0.383 e. The third-order valence-corrected chi connectivity index (χ3v) is 2.83. The van der Waals surface area contributed by atoms with Crippen molar-refractivity contribution in [3.63, 3.8) is 0 Å². The Bertz CT molecular complexity index is 320. The molecule has 0 saturated carbocycles. The summed E-state index contributed by atoms with van der Waals surface area (Å²) in [7, 11) is 4.20. The van der Waals surface area contributed by atoms with Crippen molar-refractivity contribution in [2.24, 2.45) is 0 Å². The van der Waals surface area contributed by atoms with Crippen LogP contribution in [0.2, 0.25) is 0 Å². The predicted octanol–water partition coefficient (Wildman–Crippen LogP) is 3.74. The normalized spacial score (nSPS) is 12.8. The fourth-order valence-corrected chi connectivity index (χ4v) is 1.99. The van der Waals surface area contributed by atoms with Gasteiger partial charge >= 0.3 is 0 Å². The lowest BCUT2D eigenvalue weighted by atomic mass is 10.1. The van der Waals surface area contributed by atoms with Crippen molar-refractivity contribution in [1.82, 2.24) is 4.90 Å². The summed E-state index contributed by atoms with van der Waals surface area (Å²) in [6.45, 7) is 5.50. The summed E-state index contributed by atoms with van der Waals surface area (Å²) in [6.07, 6.45) is 3.81. The van der Waals surface area contributed by atoms with Crippen LogP contribution < -0.4 is 5.32 Å². The average molecular weight is 234 g/mol. The minimum atomic E-state index is 0.560. The summed E-state index contributed by atoms with van der Waals surface area (Å²) in [4.78, 5) is 2.19. The van der Waals surface area contributed by atoms with E-state index in [9.17, 15) is 0 Å². The molecule has 96 valence electrons. The number of nitrogens with one attached hydrogen (secondary N) is 1. The number of anilines is 1. The van der Waals surface area contributed by atoms with Gasteiger partial charge in [-0.05, 0) is 45.1 Å². The molecular weight excluding hydrogens is 208 g/mol. The van der Waals surface area contributed by atoms with Crippen molar-refractivity contribution in [3.8, 4) is 0 Å². The molecule has 0 heterocycles. The molecule has 1 aromatic carbocycles. The van der Waals surface area contributed by atoms with Crippen molar-refractivity contribution < 1.29 is 0 Å². The molecule has 1 aromatic rings. The fraction of sp³-hybridized carbons (Fsp3) is 0.600. The molecule has 0 amide bonds. The Kier molecular flexibility index (Phi) is 6.06. The standard InChI is InChI=1S/C15H26N2/c1-5-6-8-13(2)16-15-10-7-9-14(11-15)12-17(3)4/h7,9-11,13,16H,5-6,8,12H2,1-4H3. The molecule has 1 unspecified atom stereocenters. The molecule has 0 radical (unpaired) electrons. The molecule has 0 fully saturated rings. The van der Waals surface area contributed by atoms with E-state index in [0.717, 1.165) is 6.54 Å². The Morgan fingerprint density at radius 1 is 1.29 bits per heavy atom. The molecule has 0 aliphatic carbocycles. The lowest BCUT2D eigenvalue weighted by molar-refractivity contribution is 0.402. The number of nitrogens with zero attached hydrogens (tertiary/aromatic N) is 1. The van der Waals surface area contributed by atoms with Crippen LogP contribution in [0.15, 0.2) is 24.3 Å². The molecule has 0 saturated heterocycles. The molecule has 2 nitrogen and oxygen atoms in total. The van der Waals surface area contributed by atoms with Gasteiger partial charge in [-0.2, -0.15) is 0 Å². The second-order valence-corrected chi connectivity index (χ2v) is 5.13. The zero-order valence-corrected chi connectivity index (χ0v) is 11.7. The maximum atomic E-state index is 3.57. The van der Waals surface area contributed by atoms with Crippen LogP contribution in [0.5, 0.6) is 0 Å². The van der Waals surface area contributed by atoms with Gasteiger partial charge in [-0.1, -0.05) is 31.9 Å². The summed E-state index contributed by atoms with van der Waals surface area (Å²) in [5.74, 6) is 0. The number of unbranched alkanes of at least 4 members (excludes halogenated alkanes) is 1. The van der Waals surface area contributed by atoms with Crippen molar-refractivity contribution in [2.75, 3.05) is 19.4 Å². The summed E-state index contributed by atoms with van der Waals surface area (Å²) < 4.78 is 0. The zero-order valence-electron chi connectivity index (χ0n) is 11.7. The molecule has 17 heavy (non-hydrogen) atoms. The van der Waals surface area contributed by atoms with Crippen molar-refractivity contribution in [1.29, 1.82) is 0 Å². The summed E-state index contributed by atoms with van der Waals surface area (Å²) in [5, 5.41) is 3.57. The molecular formula is C15H26N2. The first-order valence-corrected chi connectivity index (χ1v) is 6.62. The van der Waals surface area contributed by atoms with Crippen LogP contribution in [0.4, 0.5) is 5.69 Å². The molecule has 0 bridgehead atoms. The molecule has 0 spiro atoms. The molecule has 1 atom stereocenters. The van der Waals surface area contributed by atoms with Crippen molar-refractivity contribution >= 4 is 5.69 Å². The van der Waals surface area contributed by atoms with Crippen LogP contribution in [0.3, 0.4) is 0 Å². The minimum absolute atomic E-state index is 0.560. The maximum absolute atomic E-state index is 3.57. The first-order valence-electron chi connectivity index (χ1n) is 6.62. The smallest absolute Gasteiger partial charge is 0.0345 e. The molecule has 0 aliphatic rings. The van der Waals surface area contributed by atoms with E-state index in [4.69, 9.17) is 0 Å². The number of benzene rings is 1. The SMILES string of the molecule is CCCCC(C)Nc1cccc(CN(C)C)c1. The Hall–Kier alpha value is -1.02. The van der Waals surface area contributed by atoms with Gasteiger partial charge in [0, 0.05) is 18.3 Å². The van der Waals surface area contributed by atoms with E-state index >= 15 is 0 Å². The van der Waals surface area contributed by atoms with Gasteiger partial charge in [0.05, 0.1) is 0 Å². The first kappa shape index (κ1) is 14.0. The van der Waals surface area contributed by atoms with Crippen LogP contribution in [0.1, 0.15) is 38.7 Å². The third kappa shape index (κ3) is 5.73. The van der Waals surface area contributed by atoms with Gasteiger partial charge in [0.2, 0.25) is 0 Å². The topological polar surface area (TPSA) is 15.3 Å². The lowest BCUT2D eigenvalue weighted by Gasteiger charge is -2.16. The zero-order chi connectivity index (χ0) is 12.7. The molecule has 2 heteroatoms. The van der Waals surface area contributed by atoms with Crippen LogP contribution in [0, 0.1) is 0 Å². The summed E-state index contributed by atoms with van der Waals surface area (Å²) in [5.41, 5.74) is 2.61. The van der Waals surface area contributed by atoms with Gasteiger partial charge in [-0.25, -0.2) is 0 Å². The second-order valence-electron chi connectivity index (χ2n) is 5.13. The Balaban J connectivity index is 2.53. The summed E-state index contributed by atoms with van der Waals surface area (Å²) >= 11 is 0. The molecule has 0 aromatic heterocycles. The van der Waals surface area contributed by atoms with E-state index in [2.05, 4.69) is 62.4 Å². The molecule has 1 N–H and O–H groups in total. The Labute approximate surface area is 106 Å². The van der Waals surface area contributed by atoms with Gasteiger partial charge < -0.3 is 10.2 Å². The van der Waals surface area contributed by atoms with Gasteiger partial charge in [0.15, 0.2) is 0 Å². The molecule has 1 rings (SSSR count). The maximum Gasteiger partial charge on any atom is 0.0345 e. The highest BCUT2D eigenvalue weighted by molar-refractivity contribution is 5.46. The Morgan fingerprint density at radius 3 is 2.71 bits per heavy atom. The highest BCUT2D eigenvalue weighted by Crippen LogP contribution is 2.14. The van der Waals surface area contributed by atoms with E-state index in [0.29, 0.717) is 6.04 Å². The van der Waals surface area contributed by atoms with E-state index in [1.807, 2.05) is 0 Å². The highest BCUT2D eigenvalue weighted by Gasteiger charge is 2.02.